The maximum atomic E-state index is 5.61. The molecule has 3 nitrogen and oxygen atoms in total. The smallest absolute Gasteiger partial charge is 0.122 e. The van der Waals surface area contributed by atoms with Gasteiger partial charge in [0.05, 0.1) is 20.3 Å². The largest absolute Gasteiger partial charge is 0.497 e. The predicted molar refractivity (Wildman–Crippen MR) is 79.4 cm³/mol. The van der Waals surface area contributed by atoms with Crippen molar-refractivity contribution in [3.8, 4) is 11.5 Å². The van der Waals surface area contributed by atoms with Crippen LogP contribution in [0, 0.1) is 0 Å². The fourth-order valence-electron chi connectivity index (χ4n) is 2.20. The van der Waals surface area contributed by atoms with Gasteiger partial charge in [-0.25, -0.2) is 0 Å². The van der Waals surface area contributed by atoms with Crippen molar-refractivity contribution in [2.75, 3.05) is 21.3 Å². The molecule has 0 bridgehead atoms. The van der Waals surface area contributed by atoms with Crippen LogP contribution in [-0.4, -0.2) is 21.3 Å². The Hall–Kier alpha value is -2.00. The van der Waals surface area contributed by atoms with Crippen LogP contribution in [0.3, 0.4) is 0 Å². The first-order chi connectivity index (χ1) is 9.76. The lowest BCUT2D eigenvalue weighted by Gasteiger charge is -2.17. The molecule has 1 unspecified atom stereocenters. The lowest BCUT2D eigenvalue weighted by molar-refractivity contribution is 0.103. The summed E-state index contributed by atoms with van der Waals surface area (Å²) in [6.07, 6.45) is 0.793. The van der Waals surface area contributed by atoms with E-state index in [1.807, 2.05) is 36.4 Å². The van der Waals surface area contributed by atoms with Gasteiger partial charge in [-0.1, -0.05) is 30.3 Å². The second-order valence-electron chi connectivity index (χ2n) is 4.56. The van der Waals surface area contributed by atoms with Crippen LogP contribution in [0.25, 0.3) is 0 Å². The van der Waals surface area contributed by atoms with E-state index in [0.717, 1.165) is 29.0 Å². The van der Waals surface area contributed by atoms with Crippen LogP contribution in [0.5, 0.6) is 11.5 Å². The molecule has 0 radical (unpaired) electrons. The fourth-order valence-corrected chi connectivity index (χ4v) is 2.20. The van der Waals surface area contributed by atoms with E-state index in [2.05, 4.69) is 12.1 Å². The molecule has 0 fully saturated rings. The van der Waals surface area contributed by atoms with Crippen LogP contribution in [0.15, 0.2) is 48.5 Å². The SMILES string of the molecule is COc1cc(CC(OC)c2ccccc2)cc(OC)c1. The van der Waals surface area contributed by atoms with Gasteiger partial charge in [-0.15, -0.1) is 0 Å². The van der Waals surface area contributed by atoms with Gasteiger partial charge in [0.15, 0.2) is 0 Å². The molecule has 1 atom stereocenters. The molecule has 3 heteroatoms. The van der Waals surface area contributed by atoms with Crippen LogP contribution < -0.4 is 9.47 Å². The van der Waals surface area contributed by atoms with Crippen molar-refractivity contribution in [2.24, 2.45) is 0 Å². The topological polar surface area (TPSA) is 27.7 Å². The van der Waals surface area contributed by atoms with Crippen molar-refractivity contribution in [3.05, 3.63) is 59.7 Å². The lowest BCUT2D eigenvalue weighted by atomic mass is 10.0. The van der Waals surface area contributed by atoms with Gasteiger partial charge >= 0.3 is 0 Å². The molecule has 0 aliphatic rings. The molecular weight excluding hydrogens is 252 g/mol. The molecule has 0 saturated carbocycles. The minimum Gasteiger partial charge on any atom is -0.497 e. The zero-order valence-electron chi connectivity index (χ0n) is 12.1. The zero-order chi connectivity index (χ0) is 14.4. The molecule has 2 aromatic carbocycles. The first kappa shape index (κ1) is 14.4. The summed E-state index contributed by atoms with van der Waals surface area (Å²) >= 11 is 0. The lowest BCUT2D eigenvalue weighted by Crippen LogP contribution is -2.05. The van der Waals surface area contributed by atoms with Gasteiger partial charge in [-0.2, -0.15) is 0 Å². The summed E-state index contributed by atoms with van der Waals surface area (Å²) in [5, 5.41) is 0. The average Bonchev–Trinajstić information content (AvgIpc) is 2.53. The van der Waals surface area contributed by atoms with Gasteiger partial charge in [0.2, 0.25) is 0 Å². The van der Waals surface area contributed by atoms with Gasteiger partial charge in [0.25, 0.3) is 0 Å². The first-order valence-electron chi connectivity index (χ1n) is 6.56. The standard InChI is InChI=1S/C17H20O3/c1-18-15-9-13(10-16(12-15)19-2)11-17(20-3)14-7-5-4-6-8-14/h4-10,12,17H,11H2,1-3H3. The summed E-state index contributed by atoms with van der Waals surface area (Å²) in [6, 6.07) is 16.1. The van der Waals surface area contributed by atoms with Gasteiger partial charge in [0, 0.05) is 19.6 Å². The van der Waals surface area contributed by atoms with Crippen molar-refractivity contribution in [2.45, 2.75) is 12.5 Å². The van der Waals surface area contributed by atoms with E-state index in [1.54, 1.807) is 21.3 Å². The van der Waals surface area contributed by atoms with Crippen LogP contribution >= 0.6 is 0 Å². The van der Waals surface area contributed by atoms with E-state index < -0.39 is 0 Å². The number of methoxy groups -OCH3 is 3. The van der Waals surface area contributed by atoms with Crippen molar-refractivity contribution in [1.29, 1.82) is 0 Å². The Bertz CT molecular complexity index is 515. The van der Waals surface area contributed by atoms with Gasteiger partial charge < -0.3 is 14.2 Å². The highest BCUT2D eigenvalue weighted by Gasteiger charge is 2.12. The molecule has 106 valence electrons. The molecule has 0 aliphatic carbocycles. The van der Waals surface area contributed by atoms with Crippen molar-refractivity contribution >= 4 is 0 Å². The van der Waals surface area contributed by atoms with E-state index in [4.69, 9.17) is 14.2 Å². The Morgan fingerprint density at radius 2 is 1.45 bits per heavy atom. The second-order valence-corrected chi connectivity index (χ2v) is 4.56. The van der Waals surface area contributed by atoms with Crippen LogP contribution in [0.2, 0.25) is 0 Å². The van der Waals surface area contributed by atoms with E-state index in [9.17, 15) is 0 Å². The summed E-state index contributed by atoms with van der Waals surface area (Å²) in [4.78, 5) is 0. The Balaban J connectivity index is 2.23. The normalized spacial score (nSPS) is 11.9. The van der Waals surface area contributed by atoms with Gasteiger partial charge in [0.1, 0.15) is 11.5 Å². The number of hydrogen-bond acceptors (Lipinski definition) is 3. The van der Waals surface area contributed by atoms with Gasteiger partial charge in [-0.05, 0) is 23.3 Å². The molecule has 0 aromatic heterocycles. The molecule has 0 heterocycles. The molecule has 0 aliphatic heterocycles. The monoisotopic (exact) mass is 272 g/mol. The third kappa shape index (κ3) is 3.52. The highest BCUT2D eigenvalue weighted by Crippen LogP contribution is 2.27. The molecule has 0 amide bonds. The van der Waals surface area contributed by atoms with Crippen molar-refractivity contribution in [3.63, 3.8) is 0 Å². The summed E-state index contributed by atoms with van der Waals surface area (Å²) in [5.41, 5.74) is 2.29. The maximum absolute atomic E-state index is 5.61. The van der Waals surface area contributed by atoms with Crippen LogP contribution in [0.1, 0.15) is 17.2 Å². The highest BCUT2D eigenvalue weighted by atomic mass is 16.5. The molecule has 20 heavy (non-hydrogen) atoms. The molecule has 2 rings (SSSR count). The summed E-state index contributed by atoms with van der Waals surface area (Å²) in [5.74, 6) is 1.59. The Morgan fingerprint density at radius 3 is 1.95 bits per heavy atom. The Kier molecular flexibility index (Phi) is 5.02. The summed E-state index contributed by atoms with van der Waals surface area (Å²) in [6.45, 7) is 0. The molecule has 2 aromatic rings. The highest BCUT2D eigenvalue weighted by molar-refractivity contribution is 5.39. The first-order valence-corrected chi connectivity index (χ1v) is 6.56. The summed E-state index contributed by atoms with van der Waals surface area (Å²) < 4.78 is 16.2. The molecule has 0 saturated heterocycles. The second kappa shape index (κ2) is 6.96. The number of ether oxygens (including phenoxy) is 3. The van der Waals surface area contributed by atoms with E-state index in [1.165, 1.54) is 0 Å². The third-order valence-corrected chi connectivity index (χ3v) is 3.29. The van der Waals surface area contributed by atoms with Crippen LogP contribution in [-0.2, 0) is 11.2 Å². The van der Waals surface area contributed by atoms with Crippen LogP contribution in [0.4, 0.5) is 0 Å². The van der Waals surface area contributed by atoms with E-state index in [-0.39, 0.29) is 6.10 Å². The minimum atomic E-state index is 0.0213. The van der Waals surface area contributed by atoms with Crippen molar-refractivity contribution < 1.29 is 14.2 Å². The van der Waals surface area contributed by atoms with Crippen molar-refractivity contribution in [1.82, 2.24) is 0 Å². The maximum Gasteiger partial charge on any atom is 0.122 e. The predicted octanol–water partition coefficient (Wildman–Crippen LogP) is 3.63. The quantitative estimate of drug-likeness (QED) is 0.803. The molecule has 0 N–H and O–H groups in total. The Morgan fingerprint density at radius 1 is 0.850 bits per heavy atom. The average molecular weight is 272 g/mol. The number of rotatable bonds is 6. The van der Waals surface area contributed by atoms with E-state index in [0.29, 0.717) is 0 Å². The minimum absolute atomic E-state index is 0.0213. The fraction of sp³-hybridized carbons (Fsp3) is 0.294. The Labute approximate surface area is 120 Å². The molecule has 0 spiro atoms. The zero-order valence-corrected chi connectivity index (χ0v) is 12.1. The molecular formula is C17H20O3. The number of hydrogen-bond donors (Lipinski definition) is 0. The number of benzene rings is 2. The van der Waals surface area contributed by atoms with E-state index >= 15 is 0 Å². The summed E-state index contributed by atoms with van der Waals surface area (Å²) in [7, 11) is 5.04. The third-order valence-electron chi connectivity index (χ3n) is 3.29. The van der Waals surface area contributed by atoms with Gasteiger partial charge in [-0.3, -0.25) is 0 Å².